The average molecular weight is 500 g/mol. The molecule has 4 N–H and O–H groups in total. The van der Waals surface area contributed by atoms with Crippen molar-refractivity contribution in [1.82, 2.24) is 15.2 Å². The van der Waals surface area contributed by atoms with Crippen molar-refractivity contribution < 1.29 is 60.7 Å². The van der Waals surface area contributed by atoms with Crippen molar-refractivity contribution in [2.24, 2.45) is 5.41 Å². The first-order valence-corrected chi connectivity index (χ1v) is 11.7. The van der Waals surface area contributed by atoms with E-state index in [0.29, 0.717) is 10.6 Å². The molecule has 33 heavy (non-hydrogen) atoms. The number of rotatable bonds is 7. The molecule has 0 aliphatic carbocycles. The summed E-state index contributed by atoms with van der Waals surface area (Å²) in [4.78, 5) is 42.7. The predicted octanol–water partition coefficient (Wildman–Crippen LogP) is -2.19. The third kappa shape index (κ3) is 5.09. The molecule has 1 aromatic heterocycles. The van der Waals surface area contributed by atoms with Crippen LogP contribution in [0.3, 0.4) is 0 Å². The first-order valence-electron chi connectivity index (χ1n) is 9.78. The third-order valence-corrected chi connectivity index (χ3v) is 8.24. The predicted molar refractivity (Wildman–Crippen MR) is 119 cm³/mol. The fourth-order valence-corrected chi connectivity index (χ4v) is 6.32. The second-order valence-corrected chi connectivity index (χ2v) is 9.77. The maximum Gasteiger partial charge on any atom is 1.00 e. The van der Waals surface area contributed by atoms with Gasteiger partial charge >= 0.3 is 35.5 Å². The van der Waals surface area contributed by atoms with Gasteiger partial charge in [0, 0.05) is 18.5 Å². The molecule has 2 saturated heterocycles. The van der Waals surface area contributed by atoms with Gasteiger partial charge in [0.15, 0.2) is 6.10 Å². The van der Waals surface area contributed by atoms with Gasteiger partial charge < -0.3 is 27.0 Å². The minimum atomic E-state index is -1.59. The summed E-state index contributed by atoms with van der Waals surface area (Å²) in [5.74, 6) is -2.31. The Bertz CT molecular complexity index is 1020. The van der Waals surface area contributed by atoms with Crippen LogP contribution in [-0.4, -0.2) is 72.1 Å². The minimum Gasteiger partial charge on any atom is -1.00 e. The van der Waals surface area contributed by atoms with E-state index in [2.05, 4.69) is 10.3 Å². The molecule has 2 aliphatic heterocycles. The first kappa shape index (κ1) is 26.0. The van der Waals surface area contributed by atoms with Gasteiger partial charge in [-0.05, 0) is 17.7 Å². The molecule has 2 fully saturated rings. The number of aliphatic carboxylic acids is 1. The summed E-state index contributed by atoms with van der Waals surface area (Å²) in [6.45, 7) is -0.187. The van der Waals surface area contributed by atoms with Crippen molar-refractivity contribution in [1.29, 1.82) is 0 Å². The molecular weight excluding hydrogens is 477 g/mol. The van der Waals surface area contributed by atoms with Crippen LogP contribution < -0.4 is 34.9 Å². The summed E-state index contributed by atoms with van der Waals surface area (Å²) in [5.41, 5.74) is -2.51. The fraction of sp³-hybridized carbons (Fsp3) is 0.333. The van der Waals surface area contributed by atoms with Gasteiger partial charge in [-0.15, -0.1) is 11.8 Å². The van der Waals surface area contributed by atoms with Crippen LogP contribution in [0, 0.1) is 5.41 Å². The number of hydrogen-bond acceptors (Lipinski definition) is 8. The average Bonchev–Trinajstić information content (AvgIpc) is 2.82. The van der Waals surface area contributed by atoms with Gasteiger partial charge in [0.1, 0.15) is 22.3 Å². The quantitative estimate of drug-likeness (QED) is 0.145. The number of amides is 2. The minimum absolute atomic E-state index is 0. The summed E-state index contributed by atoms with van der Waals surface area (Å²) in [6.07, 6.45) is 0.130. The molecule has 0 spiro atoms. The molecule has 9 nitrogen and oxygen atoms in total. The summed E-state index contributed by atoms with van der Waals surface area (Å²) in [5, 5.41) is 33.5. The Labute approximate surface area is 222 Å². The number of thioether (sulfide) groups is 2. The Morgan fingerprint density at radius 3 is 2.55 bits per heavy atom. The first-order chi connectivity index (χ1) is 15.3. The van der Waals surface area contributed by atoms with Crippen molar-refractivity contribution >= 4 is 41.3 Å². The molecule has 170 valence electrons. The van der Waals surface area contributed by atoms with Crippen molar-refractivity contribution in [3.8, 4) is 0 Å². The largest absolute Gasteiger partial charge is 1.00 e. The third-order valence-electron chi connectivity index (χ3n) is 5.54. The number of nitrogens with one attached hydrogen (secondary N) is 1. The van der Waals surface area contributed by atoms with E-state index in [1.807, 2.05) is 0 Å². The van der Waals surface area contributed by atoms with Crippen LogP contribution in [0.25, 0.3) is 0 Å². The number of carboxylic acids is 1. The smallest absolute Gasteiger partial charge is 1.00 e. The molecular formula is C21H22N3NaO6S2. The monoisotopic (exact) mass is 499 g/mol. The SMILES string of the molecule is O=C(NC1C(=O)N2CC(C(=O)O)(C(O)Sc3ccccn3)CS[C@H]12)C(O)c1ccccc1.[H-].[Na+]. The van der Waals surface area contributed by atoms with Crippen LogP contribution in [0.5, 0.6) is 0 Å². The maximum atomic E-state index is 12.7. The normalized spacial score (nSPS) is 25.6. The Balaban J connectivity index is 0.00000204. The number of carboxylic acid groups (broad SMARTS) is 1. The van der Waals surface area contributed by atoms with Crippen LogP contribution in [-0.2, 0) is 14.4 Å². The van der Waals surface area contributed by atoms with Crippen molar-refractivity contribution in [2.75, 3.05) is 12.3 Å². The van der Waals surface area contributed by atoms with Gasteiger partial charge in [-0.1, -0.05) is 48.2 Å². The zero-order chi connectivity index (χ0) is 22.9. The number of aliphatic hydroxyl groups excluding tert-OH is 2. The number of aromatic nitrogens is 1. The van der Waals surface area contributed by atoms with Gasteiger partial charge in [-0.3, -0.25) is 14.4 Å². The van der Waals surface area contributed by atoms with Gasteiger partial charge in [-0.2, -0.15) is 0 Å². The van der Waals surface area contributed by atoms with E-state index in [0.717, 1.165) is 11.8 Å². The van der Waals surface area contributed by atoms with Crippen molar-refractivity contribution in [3.63, 3.8) is 0 Å². The molecule has 0 saturated carbocycles. The summed E-state index contributed by atoms with van der Waals surface area (Å²) < 4.78 is 0. The Kier molecular flexibility index (Phi) is 8.49. The van der Waals surface area contributed by atoms with E-state index in [-0.39, 0.29) is 43.3 Å². The van der Waals surface area contributed by atoms with E-state index in [1.165, 1.54) is 16.7 Å². The number of carbonyl (C=O) groups is 3. The molecule has 5 atom stereocenters. The molecule has 4 rings (SSSR count). The van der Waals surface area contributed by atoms with E-state index in [9.17, 15) is 29.7 Å². The summed E-state index contributed by atoms with van der Waals surface area (Å²) >= 11 is 2.11. The Morgan fingerprint density at radius 1 is 1.21 bits per heavy atom. The second-order valence-electron chi connectivity index (χ2n) is 7.57. The van der Waals surface area contributed by atoms with E-state index >= 15 is 0 Å². The summed E-state index contributed by atoms with van der Waals surface area (Å²) in [6, 6.07) is 12.6. The molecule has 3 heterocycles. The molecule has 2 aliphatic rings. The van der Waals surface area contributed by atoms with Crippen molar-refractivity contribution in [2.45, 2.75) is 28.0 Å². The van der Waals surface area contributed by atoms with Crippen LogP contribution in [0.2, 0.25) is 0 Å². The Morgan fingerprint density at radius 2 is 1.91 bits per heavy atom. The molecule has 2 aromatic rings. The summed E-state index contributed by atoms with van der Waals surface area (Å²) in [7, 11) is 0. The van der Waals surface area contributed by atoms with Gasteiger partial charge in [0.25, 0.3) is 5.91 Å². The fourth-order valence-electron chi connectivity index (χ4n) is 3.64. The number of fused-ring (bicyclic) bond motifs is 1. The standard InChI is InChI=1S/C21H21N3O6S2.Na.H/c25-15(12-6-2-1-3-7-12)16(26)23-14-17(27)24-10-21(19(28)29,11-31-18(14)24)20(30)32-13-8-4-5-9-22-13;;/h1-9,14-15,18,20,25,30H,10-11H2,(H,23,26)(H,28,29);;/q;+1;-1/t14?,15?,18-,20?,21?;;/m1../s1. The molecule has 2 amide bonds. The number of aliphatic hydroxyl groups is 2. The van der Waals surface area contributed by atoms with E-state index in [4.69, 9.17) is 0 Å². The second kappa shape index (κ2) is 10.8. The number of nitrogens with zero attached hydrogens (tertiary/aromatic N) is 2. The Hall–Kier alpha value is -1.60. The number of benzene rings is 1. The number of hydrogen-bond donors (Lipinski definition) is 4. The number of pyridine rings is 1. The van der Waals surface area contributed by atoms with E-state index in [1.54, 1.807) is 54.7 Å². The van der Waals surface area contributed by atoms with E-state index < -0.39 is 46.2 Å². The number of carbonyl (C=O) groups excluding carboxylic acids is 2. The number of β-lactam (4-membered cyclic amide) rings is 1. The van der Waals surface area contributed by atoms with Crippen molar-refractivity contribution in [3.05, 3.63) is 60.3 Å². The molecule has 0 bridgehead atoms. The molecule has 4 unspecified atom stereocenters. The van der Waals surface area contributed by atoms with Gasteiger partial charge in [-0.25, -0.2) is 4.98 Å². The zero-order valence-electron chi connectivity index (χ0n) is 18.7. The molecule has 12 heteroatoms. The van der Waals surface area contributed by atoms with Gasteiger partial charge in [0.2, 0.25) is 5.91 Å². The maximum absolute atomic E-state index is 12.7. The zero-order valence-corrected chi connectivity index (χ0v) is 21.3. The van der Waals surface area contributed by atoms with Gasteiger partial charge in [0.05, 0.1) is 5.03 Å². The van der Waals surface area contributed by atoms with Crippen LogP contribution >= 0.6 is 23.5 Å². The topological polar surface area (TPSA) is 140 Å². The molecule has 1 aromatic carbocycles. The van der Waals surface area contributed by atoms with Crippen LogP contribution in [0.1, 0.15) is 13.1 Å². The molecule has 0 radical (unpaired) electrons. The van der Waals surface area contributed by atoms with Crippen LogP contribution in [0.15, 0.2) is 59.8 Å². The van der Waals surface area contributed by atoms with Crippen LogP contribution in [0.4, 0.5) is 0 Å².